The van der Waals surface area contributed by atoms with E-state index in [1.54, 1.807) is 31.0 Å². The molecule has 0 radical (unpaired) electrons. The molecule has 0 bridgehead atoms. The number of benzene rings is 2. The molecular formula is C21H23ClF3N3O2. The maximum atomic E-state index is 13.1. The van der Waals surface area contributed by atoms with E-state index >= 15 is 0 Å². The van der Waals surface area contributed by atoms with E-state index in [-0.39, 0.29) is 18.1 Å². The third-order valence-electron chi connectivity index (χ3n) is 4.60. The summed E-state index contributed by atoms with van der Waals surface area (Å²) in [5.41, 5.74) is -0.363. The second-order valence-corrected chi connectivity index (χ2v) is 7.44. The first-order chi connectivity index (χ1) is 14.0. The molecule has 162 valence electrons. The Hall–Kier alpha value is -2.58. The van der Waals surface area contributed by atoms with Crippen molar-refractivity contribution in [3.63, 3.8) is 0 Å². The summed E-state index contributed by atoms with van der Waals surface area (Å²) in [4.78, 5) is 27.9. The summed E-state index contributed by atoms with van der Waals surface area (Å²) < 4.78 is 39.2. The summed E-state index contributed by atoms with van der Waals surface area (Å²) in [6.07, 6.45) is -4.59. The van der Waals surface area contributed by atoms with Gasteiger partial charge in [0.1, 0.15) is 0 Å². The number of halogens is 4. The quantitative estimate of drug-likeness (QED) is 0.698. The predicted octanol–water partition coefficient (Wildman–Crippen LogP) is 4.28. The number of carbonyl (C=O) groups excluding carboxylic acids is 2. The minimum Gasteiger partial charge on any atom is -0.335 e. The number of rotatable bonds is 7. The van der Waals surface area contributed by atoms with Crippen molar-refractivity contribution in [2.45, 2.75) is 25.7 Å². The fourth-order valence-electron chi connectivity index (χ4n) is 2.89. The Labute approximate surface area is 178 Å². The van der Waals surface area contributed by atoms with Gasteiger partial charge in [0.25, 0.3) is 0 Å². The Kier molecular flexibility index (Phi) is 7.86. The standard InChI is InChI=1S/C21H23ClF3N3O2/c1-14(27(2)12-15-7-6-8-16(22)11-15)20(30)28(3)13-19(29)26-18-10-5-4-9-17(18)21(23,24)25/h4-11,14H,12-13H2,1-3H3,(H,26,29)/t14-/m0/s1. The normalized spacial score (nSPS) is 12.5. The number of carbonyl (C=O) groups is 2. The van der Waals surface area contributed by atoms with Crippen molar-refractivity contribution in [3.8, 4) is 0 Å². The molecule has 0 fully saturated rings. The smallest absolute Gasteiger partial charge is 0.335 e. The first-order valence-electron chi connectivity index (χ1n) is 9.14. The molecule has 0 aliphatic carbocycles. The van der Waals surface area contributed by atoms with Crippen LogP contribution in [0.25, 0.3) is 0 Å². The summed E-state index contributed by atoms with van der Waals surface area (Å²) in [7, 11) is 3.19. The zero-order valence-electron chi connectivity index (χ0n) is 16.8. The van der Waals surface area contributed by atoms with Gasteiger partial charge in [0.05, 0.1) is 23.8 Å². The topological polar surface area (TPSA) is 52.7 Å². The fraction of sp³-hybridized carbons (Fsp3) is 0.333. The van der Waals surface area contributed by atoms with Crippen LogP contribution in [-0.2, 0) is 22.3 Å². The molecule has 9 heteroatoms. The summed E-state index contributed by atoms with van der Waals surface area (Å²) in [5, 5.41) is 2.83. The van der Waals surface area contributed by atoms with Crippen molar-refractivity contribution >= 4 is 29.1 Å². The average molecular weight is 442 g/mol. The lowest BCUT2D eigenvalue weighted by Crippen LogP contribution is -2.46. The summed E-state index contributed by atoms with van der Waals surface area (Å²) in [6.45, 7) is 1.78. The molecule has 2 rings (SSSR count). The van der Waals surface area contributed by atoms with Gasteiger partial charge < -0.3 is 10.2 Å². The van der Waals surface area contributed by atoms with Gasteiger partial charge in [-0.2, -0.15) is 13.2 Å². The maximum Gasteiger partial charge on any atom is 0.418 e. The minimum atomic E-state index is -4.59. The number of para-hydroxylation sites is 1. The zero-order chi connectivity index (χ0) is 22.5. The monoisotopic (exact) mass is 441 g/mol. The number of amides is 2. The Balaban J connectivity index is 1.97. The molecule has 0 saturated heterocycles. The minimum absolute atomic E-state index is 0.334. The average Bonchev–Trinajstić information content (AvgIpc) is 2.66. The van der Waals surface area contributed by atoms with Crippen LogP contribution in [0.15, 0.2) is 48.5 Å². The lowest BCUT2D eigenvalue weighted by Gasteiger charge is -2.28. The highest BCUT2D eigenvalue weighted by atomic mass is 35.5. The lowest BCUT2D eigenvalue weighted by molar-refractivity contribution is -0.138. The van der Waals surface area contributed by atoms with Gasteiger partial charge in [0, 0.05) is 18.6 Å². The first-order valence-corrected chi connectivity index (χ1v) is 9.52. The van der Waals surface area contributed by atoms with E-state index in [1.165, 1.54) is 30.1 Å². The van der Waals surface area contributed by atoms with Crippen LogP contribution in [0, 0.1) is 0 Å². The van der Waals surface area contributed by atoms with Crippen LogP contribution in [0.4, 0.5) is 18.9 Å². The molecule has 0 aliphatic rings. The van der Waals surface area contributed by atoms with Gasteiger partial charge in [-0.25, -0.2) is 0 Å². The number of hydrogen-bond donors (Lipinski definition) is 1. The molecule has 2 aromatic rings. The van der Waals surface area contributed by atoms with Crippen molar-refractivity contribution < 1.29 is 22.8 Å². The van der Waals surface area contributed by atoms with Crippen LogP contribution in [-0.4, -0.2) is 48.3 Å². The summed E-state index contributed by atoms with van der Waals surface area (Å²) >= 11 is 5.98. The van der Waals surface area contributed by atoms with Gasteiger partial charge in [-0.05, 0) is 43.8 Å². The third kappa shape index (κ3) is 6.47. The molecule has 0 unspecified atom stereocenters. The van der Waals surface area contributed by atoms with Gasteiger partial charge >= 0.3 is 6.18 Å². The van der Waals surface area contributed by atoms with E-state index in [1.807, 2.05) is 12.1 Å². The molecule has 2 amide bonds. The molecule has 30 heavy (non-hydrogen) atoms. The van der Waals surface area contributed by atoms with Crippen LogP contribution in [0.3, 0.4) is 0 Å². The highest BCUT2D eigenvalue weighted by Gasteiger charge is 2.33. The molecule has 0 aromatic heterocycles. The van der Waals surface area contributed by atoms with Crippen LogP contribution in [0.1, 0.15) is 18.1 Å². The van der Waals surface area contributed by atoms with Crippen LogP contribution in [0.5, 0.6) is 0 Å². The van der Waals surface area contributed by atoms with Crippen molar-refractivity contribution in [1.29, 1.82) is 0 Å². The van der Waals surface area contributed by atoms with E-state index in [4.69, 9.17) is 11.6 Å². The van der Waals surface area contributed by atoms with Crippen LogP contribution in [0.2, 0.25) is 5.02 Å². The van der Waals surface area contributed by atoms with Crippen molar-refractivity contribution in [3.05, 3.63) is 64.7 Å². The summed E-state index contributed by atoms with van der Waals surface area (Å²) in [6, 6.07) is 11.4. The van der Waals surface area contributed by atoms with E-state index in [9.17, 15) is 22.8 Å². The van der Waals surface area contributed by atoms with Crippen molar-refractivity contribution in [2.24, 2.45) is 0 Å². The van der Waals surface area contributed by atoms with E-state index < -0.39 is 23.7 Å². The van der Waals surface area contributed by atoms with Gasteiger partial charge in [0.2, 0.25) is 11.8 Å². The number of anilines is 1. The van der Waals surface area contributed by atoms with Crippen LogP contribution >= 0.6 is 11.6 Å². The fourth-order valence-corrected chi connectivity index (χ4v) is 3.10. The molecule has 0 spiro atoms. The van der Waals surface area contributed by atoms with E-state index in [0.717, 1.165) is 11.6 Å². The number of alkyl halides is 3. The second-order valence-electron chi connectivity index (χ2n) is 7.01. The number of nitrogens with zero attached hydrogens (tertiary/aromatic N) is 2. The lowest BCUT2D eigenvalue weighted by atomic mass is 10.1. The van der Waals surface area contributed by atoms with Crippen molar-refractivity contribution in [1.82, 2.24) is 9.80 Å². The predicted molar refractivity (Wildman–Crippen MR) is 110 cm³/mol. The van der Waals surface area contributed by atoms with Gasteiger partial charge in [-0.3, -0.25) is 14.5 Å². The Morgan fingerprint density at radius 2 is 1.77 bits per heavy atom. The molecule has 0 heterocycles. The molecule has 5 nitrogen and oxygen atoms in total. The number of hydrogen-bond acceptors (Lipinski definition) is 3. The molecular weight excluding hydrogens is 419 g/mol. The Morgan fingerprint density at radius 1 is 1.10 bits per heavy atom. The van der Waals surface area contributed by atoms with Gasteiger partial charge in [0.15, 0.2) is 0 Å². The van der Waals surface area contributed by atoms with Gasteiger partial charge in [-0.1, -0.05) is 35.9 Å². The first kappa shape index (κ1) is 23.7. The third-order valence-corrected chi connectivity index (χ3v) is 4.84. The number of nitrogens with one attached hydrogen (secondary N) is 1. The Morgan fingerprint density at radius 3 is 2.40 bits per heavy atom. The maximum absolute atomic E-state index is 13.1. The summed E-state index contributed by atoms with van der Waals surface area (Å²) in [5.74, 6) is -1.05. The zero-order valence-corrected chi connectivity index (χ0v) is 17.6. The molecule has 0 saturated carbocycles. The molecule has 2 aromatic carbocycles. The van der Waals surface area contributed by atoms with Crippen molar-refractivity contribution in [2.75, 3.05) is 26.0 Å². The molecule has 1 atom stereocenters. The number of likely N-dealkylation sites (N-methyl/N-ethyl adjacent to an activating group) is 2. The highest BCUT2D eigenvalue weighted by molar-refractivity contribution is 6.30. The van der Waals surface area contributed by atoms with E-state index in [2.05, 4.69) is 5.32 Å². The SMILES string of the molecule is C[C@@H](C(=O)N(C)CC(=O)Nc1ccccc1C(F)(F)F)N(C)Cc1cccc(Cl)c1. The largest absolute Gasteiger partial charge is 0.418 e. The van der Waals surface area contributed by atoms with E-state index in [0.29, 0.717) is 11.6 Å². The van der Waals surface area contributed by atoms with Gasteiger partial charge in [-0.15, -0.1) is 0 Å². The second kappa shape index (κ2) is 9.95. The Bertz CT molecular complexity index is 905. The highest BCUT2D eigenvalue weighted by Crippen LogP contribution is 2.34. The molecule has 1 N–H and O–H groups in total. The van der Waals surface area contributed by atoms with Crippen LogP contribution < -0.4 is 5.32 Å². The molecule has 0 aliphatic heterocycles.